The van der Waals surface area contributed by atoms with Crippen LogP contribution in [0.15, 0.2) is 30.3 Å². The molecule has 0 aliphatic carbocycles. The van der Waals surface area contributed by atoms with Gasteiger partial charge in [-0.2, -0.15) is 0 Å². The van der Waals surface area contributed by atoms with Gasteiger partial charge in [0.1, 0.15) is 0 Å². The Morgan fingerprint density at radius 3 is 3.00 bits per heavy atom. The van der Waals surface area contributed by atoms with E-state index in [9.17, 15) is 0 Å². The highest BCUT2D eigenvalue weighted by Gasteiger charge is 1.87. The molecule has 1 aromatic rings. The fraction of sp³-hybridized carbons (Fsp3) is 0.200. The lowest BCUT2D eigenvalue weighted by molar-refractivity contribution is 0.169. The van der Waals surface area contributed by atoms with Gasteiger partial charge in [-0.15, -0.1) is 0 Å². The Bertz CT molecular complexity index is 286. The van der Waals surface area contributed by atoms with E-state index in [4.69, 9.17) is 16.8 Å². The normalized spacial score (nSPS) is 10.9. The average Bonchev–Trinajstić information content (AvgIpc) is 2.13. The first kappa shape index (κ1) is 10.3. The summed E-state index contributed by atoms with van der Waals surface area (Å²) in [6.07, 6.45) is 4.75. The molecular weight excluding hydrogens is 186 g/mol. The molecule has 0 radical (unpaired) electrons. The molecule has 0 aliphatic rings. The molecule has 2 N–H and O–H groups in total. The molecule has 1 rings (SSSR count). The molecule has 1 aromatic carbocycles. The van der Waals surface area contributed by atoms with Crippen LogP contribution in [-0.4, -0.2) is 11.8 Å². The predicted molar refractivity (Wildman–Crippen MR) is 54.9 cm³/mol. The van der Waals surface area contributed by atoms with Gasteiger partial charge < -0.3 is 5.21 Å². The predicted octanol–water partition coefficient (Wildman–Crippen LogP) is 2.72. The third-order valence-electron chi connectivity index (χ3n) is 1.58. The van der Waals surface area contributed by atoms with Gasteiger partial charge in [-0.3, -0.25) is 0 Å². The lowest BCUT2D eigenvalue weighted by atomic mass is 10.2. The Balaban J connectivity index is 2.48. The SMILES string of the molecule is ONCCC=Cc1cccc(Cl)c1. The Kier molecular flexibility index (Phi) is 4.54. The highest BCUT2D eigenvalue weighted by molar-refractivity contribution is 6.30. The van der Waals surface area contributed by atoms with E-state index in [1.165, 1.54) is 0 Å². The summed E-state index contributed by atoms with van der Waals surface area (Å²) in [6, 6.07) is 7.62. The molecule has 0 saturated carbocycles. The number of halogens is 1. The number of benzene rings is 1. The van der Waals surface area contributed by atoms with Crippen LogP contribution >= 0.6 is 11.6 Å². The molecule has 0 spiro atoms. The van der Waals surface area contributed by atoms with Gasteiger partial charge in [0.2, 0.25) is 0 Å². The molecule has 0 amide bonds. The van der Waals surface area contributed by atoms with Gasteiger partial charge in [0.25, 0.3) is 0 Å². The minimum absolute atomic E-state index is 0.567. The molecular formula is C10H12ClNO. The summed E-state index contributed by atoms with van der Waals surface area (Å²) in [7, 11) is 0. The quantitative estimate of drug-likeness (QED) is 0.575. The van der Waals surface area contributed by atoms with Crippen molar-refractivity contribution < 1.29 is 5.21 Å². The van der Waals surface area contributed by atoms with Crippen molar-refractivity contribution in [3.63, 3.8) is 0 Å². The number of rotatable bonds is 4. The molecule has 13 heavy (non-hydrogen) atoms. The van der Waals surface area contributed by atoms with Gasteiger partial charge in [0, 0.05) is 11.6 Å². The third-order valence-corrected chi connectivity index (χ3v) is 1.82. The summed E-state index contributed by atoms with van der Waals surface area (Å²) in [5.74, 6) is 0. The summed E-state index contributed by atoms with van der Waals surface area (Å²) >= 11 is 5.80. The van der Waals surface area contributed by atoms with E-state index in [1.54, 1.807) is 0 Å². The third kappa shape index (κ3) is 4.08. The zero-order valence-corrected chi connectivity index (χ0v) is 7.96. The molecule has 0 aromatic heterocycles. The first-order valence-electron chi connectivity index (χ1n) is 4.12. The van der Waals surface area contributed by atoms with Crippen LogP contribution in [0.2, 0.25) is 5.02 Å². The smallest absolute Gasteiger partial charge is 0.0411 e. The van der Waals surface area contributed by atoms with Crippen LogP contribution in [0.25, 0.3) is 6.08 Å². The van der Waals surface area contributed by atoms with E-state index in [0.717, 1.165) is 17.0 Å². The zero-order valence-electron chi connectivity index (χ0n) is 7.20. The summed E-state index contributed by atoms with van der Waals surface area (Å²) in [6.45, 7) is 0.567. The largest absolute Gasteiger partial charge is 0.317 e. The second-order valence-electron chi connectivity index (χ2n) is 2.65. The van der Waals surface area contributed by atoms with Crippen LogP contribution in [0.4, 0.5) is 0 Å². The van der Waals surface area contributed by atoms with E-state index < -0.39 is 0 Å². The highest BCUT2D eigenvalue weighted by Crippen LogP contribution is 2.11. The number of hydrogen-bond donors (Lipinski definition) is 2. The molecule has 0 saturated heterocycles. The van der Waals surface area contributed by atoms with Gasteiger partial charge in [-0.05, 0) is 24.1 Å². The molecule has 0 fully saturated rings. The van der Waals surface area contributed by atoms with Gasteiger partial charge in [0.05, 0.1) is 0 Å². The Hall–Kier alpha value is -0.830. The van der Waals surface area contributed by atoms with Crippen molar-refractivity contribution in [2.75, 3.05) is 6.54 Å². The lowest BCUT2D eigenvalue weighted by Gasteiger charge is -1.94. The van der Waals surface area contributed by atoms with Crippen LogP contribution in [0.3, 0.4) is 0 Å². The fourth-order valence-electron chi connectivity index (χ4n) is 0.978. The van der Waals surface area contributed by atoms with Crippen molar-refractivity contribution >= 4 is 17.7 Å². The van der Waals surface area contributed by atoms with Gasteiger partial charge in [-0.1, -0.05) is 35.9 Å². The maximum atomic E-state index is 8.30. The van der Waals surface area contributed by atoms with Crippen LogP contribution < -0.4 is 5.48 Å². The minimum atomic E-state index is 0.567. The summed E-state index contributed by atoms with van der Waals surface area (Å²) in [5, 5.41) is 9.04. The molecule has 0 atom stereocenters. The Labute approximate surface area is 82.8 Å². The van der Waals surface area contributed by atoms with Gasteiger partial charge >= 0.3 is 0 Å². The standard InChI is InChI=1S/C10H12ClNO/c11-10-6-3-5-9(8-10)4-1-2-7-12-13/h1,3-6,8,12-13H,2,7H2. The Morgan fingerprint density at radius 1 is 1.46 bits per heavy atom. The molecule has 3 heteroatoms. The van der Waals surface area contributed by atoms with Crippen molar-refractivity contribution in [3.05, 3.63) is 40.9 Å². The topological polar surface area (TPSA) is 32.3 Å². The minimum Gasteiger partial charge on any atom is -0.317 e. The zero-order chi connectivity index (χ0) is 9.52. The maximum absolute atomic E-state index is 8.30. The summed E-state index contributed by atoms with van der Waals surface area (Å²) in [5.41, 5.74) is 3.16. The van der Waals surface area contributed by atoms with Crippen LogP contribution in [0.1, 0.15) is 12.0 Å². The molecule has 70 valence electrons. The number of hydrogen-bond acceptors (Lipinski definition) is 2. The lowest BCUT2D eigenvalue weighted by Crippen LogP contribution is -2.06. The van der Waals surface area contributed by atoms with Crippen LogP contribution in [0.5, 0.6) is 0 Å². The van der Waals surface area contributed by atoms with Crippen LogP contribution in [-0.2, 0) is 0 Å². The average molecular weight is 198 g/mol. The van der Waals surface area contributed by atoms with Crippen molar-refractivity contribution in [2.24, 2.45) is 0 Å². The second-order valence-corrected chi connectivity index (χ2v) is 3.09. The summed E-state index contributed by atoms with van der Waals surface area (Å²) in [4.78, 5) is 0. The maximum Gasteiger partial charge on any atom is 0.0411 e. The molecule has 0 bridgehead atoms. The fourth-order valence-corrected chi connectivity index (χ4v) is 1.18. The Morgan fingerprint density at radius 2 is 2.31 bits per heavy atom. The van der Waals surface area contributed by atoms with E-state index in [-0.39, 0.29) is 0 Å². The van der Waals surface area contributed by atoms with Crippen molar-refractivity contribution in [1.82, 2.24) is 5.48 Å². The van der Waals surface area contributed by atoms with Crippen molar-refractivity contribution in [2.45, 2.75) is 6.42 Å². The van der Waals surface area contributed by atoms with Crippen molar-refractivity contribution in [1.29, 1.82) is 0 Å². The highest BCUT2D eigenvalue weighted by atomic mass is 35.5. The first-order valence-corrected chi connectivity index (χ1v) is 4.50. The van der Waals surface area contributed by atoms with Gasteiger partial charge in [0.15, 0.2) is 0 Å². The molecule has 2 nitrogen and oxygen atoms in total. The molecule has 0 aliphatic heterocycles. The van der Waals surface area contributed by atoms with Crippen LogP contribution in [0, 0.1) is 0 Å². The second kappa shape index (κ2) is 5.75. The monoisotopic (exact) mass is 197 g/mol. The van der Waals surface area contributed by atoms with Crippen molar-refractivity contribution in [3.8, 4) is 0 Å². The number of hydroxylamine groups is 1. The van der Waals surface area contributed by atoms with E-state index in [2.05, 4.69) is 5.48 Å². The molecule has 0 unspecified atom stereocenters. The van der Waals surface area contributed by atoms with Gasteiger partial charge in [-0.25, -0.2) is 5.48 Å². The first-order chi connectivity index (χ1) is 6.33. The van der Waals surface area contributed by atoms with E-state index in [0.29, 0.717) is 6.54 Å². The molecule has 0 heterocycles. The number of nitrogens with one attached hydrogen (secondary N) is 1. The van der Waals surface area contributed by atoms with E-state index in [1.807, 2.05) is 36.4 Å². The summed E-state index contributed by atoms with van der Waals surface area (Å²) < 4.78 is 0. The van der Waals surface area contributed by atoms with E-state index >= 15 is 0 Å².